The molecule has 0 atom stereocenters. The Balaban J connectivity index is 1.82. The van der Waals surface area contributed by atoms with E-state index in [9.17, 15) is 10.4 Å². The van der Waals surface area contributed by atoms with E-state index in [0.29, 0.717) is 5.56 Å². The molecule has 0 unspecified atom stereocenters. The zero-order chi connectivity index (χ0) is 19.0. The van der Waals surface area contributed by atoms with Crippen LogP contribution in [-0.2, 0) is 5.60 Å². The van der Waals surface area contributed by atoms with Gasteiger partial charge in [0, 0.05) is 11.8 Å². The van der Waals surface area contributed by atoms with Crippen LogP contribution in [0.5, 0.6) is 0 Å². The van der Waals surface area contributed by atoms with Crippen molar-refractivity contribution in [2.75, 3.05) is 0 Å². The van der Waals surface area contributed by atoms with E-state index >= 15 is 0 Å². The van der Waals surface area contributed by atoms with Crippen LogP contribution in [0.3, 0.4) is 0 Å². The maximum absolute atomic E-state index is 10.2. The molecule has 0 saturated carbocycles. The molecule has 4 rings (SSSR count). The molecule has 0 radical (unpaired) electrons. The number of fused-ring (bicyclic) bond motifs is 1. The Morgan fingerprint density at radius 2 is 1.85 bits per heavy atom. The van der Waals surface area contributed by atoms with Crippen molar-refractivity contribution in [3.05, 3.63) is 78.2 Å². The maximum atomic E-state index is 10.2. The summed E-state index contributed by atoms with van der Waals surface area (Å²) in [6, 6.07) is 19.3. The van der Waals surface area contributed by atoms with Crippen LogP contribution in [0.1, 0.15) is 25.0 Å². The smallest absolute Gasteiger partial charge is 0.100 e. The first-order chi connectivity index (χ1) is 13.0. The summed E-state index contributed by atoms with van der Waals surface area (Å²) in [4.78, 5) is 8.92. The summed E-state index contributed by atoms with van der Waals surface area (Å²) in [5.74, 6) is 0. The molecule has 0 fully saturated rings. The van der Waals surface area contributed by atoms with Gasteiger partial charge in [-0.2, -0.15) is 5.26 Å². The first kappa shape index (κ1) is 17.0. The summed E-state index contributed by atoms with van der Waals surface area (Å²) in [6.45, 7) is 3.51. The van der Waals surface area contributed by atoms with Gasteiger partial charge in [-0.25, -0.2) is 4.98 Å². The summed E-state index contributed by atoms with van der Waals surface area (Å²) in [5.41, 5.74) is 4.69. The fraction of sp³-hybridized carbons (Fsp3) is 0.136. The topological polar surface area (TPSA) is 74.7 Å². The van der Waals surface area contributed by atoms with Crippen molar-refractivity contribution in [2.45, 2.75) is 19.4 Å². The summed E-state index contributed by atoms with van der Waals surface area (Å²) < 4.78 is 1.98. The number of rotatable bonds is 3. The van der Waals surface area contributed by atoms with Crippen LogP contribution in [0, 0.1) is 11.3 Å². The third kappa shape index (κ3) is 3.07. The number of pyridine rings is 1. The van der Waals surface area contributed by atoms with E-state index in [1.54, 1.807) is 32.4 Å². The van der Waals surface area contributed by atoms with Crippen molar-refractivity contribution in [1.29, 1.82) is 5.26 Å². The van der Waals surface area contributed by atoms with Gasteiger partial charge >= 0.3 is 0 Å². The van der Waals surface area contributed by atoms with Gasteiger partial charge in [-0.05, 0) is 49.7 Å². The van der Waals surface area contributed by atoms with Gasteiger partial charge < -0.3 is 5.11 Å². The average molecular weight is 354 g/mol. The van der Waals surface area contributed by atoms with Gasteiger partial charge in [0.05, 0.1) is 39.6 Å². The number of nitrogens with zero attached hydrogens (tertiary/aromatic N) is 4. The fourth-order valence-corrected chi connectivity index (χ4v) is 3.12. The second-order valence-electron chi connectivity index (χ2n) is 6.93. The fourth-order valence-electron chi connectivity index (χ4n) is 3.12. The minimum atomic E-state index is -0.914. The number of hydrogen-bond donors (Lipinski definition) is 1. The van der Waals surface area contributed by atoms with Crippen LogP contribution in [0.25, 0.3) is 28.0 Å². The monoisotopic (exact) mass is 354 g/mol. The van der Waals surface area contributed by atoms with E-state index in [1.165, 1.54) is 0 Å². The van der Waals surface area contributed by atoms with Crippen molar-refractivity contribution in [1.82, 2.24) is 14.5 Å². The molecule has 5 nitrogen and oxygen atoms in total. The Bertz CT molecular complexity index is 1180. The molecule has 0 saturated heterocycles. The van der Waals surface area contributed by atoms with E-state index < -0.39 is 5.60 Å². The van der Waals surface area contributed by atoms with Gasteiger partial charge in [0.2, 0.25) is 0 Å². The predicted octanol–water partition coefficient (Wildman–Crippen LogP) is 4.19. The van der Waals surface area contributed by atoms with E-state index in [1.807, 2.05) is 53.1 Å². The molecular formula is C22H18N4O. The molecule has 0 amide bonds. The van der Waals surface area contributed by atoms with E-state index in [2.05, 4.69) is 16.0 Å². The second-order valence-corrected chi connectivity index (χ2v) is 6.93. The molecule has 132 valence electrons. The second kappa shape index (κ2) is 6.35. The highest BCUT2D eigenvalue weighted by Gasteiger charge is 2.17. The Kier molecular flexibility index (Phi) is 3.98. The zero-order valence-corrected chi connectivity index (χ0v) is 15.1. The number of benzene rings is 2. The molecule has 1 N–H and O–H groups in total. The van der Waals surface area contributed by atoms with Gasteiger partial charge in [-0.15, -0.1) is 0 Å². The minimum absolute atomic E-state index is 0.590. The predicted molar refractivity (Wildman–Crippen MR) is 104 cm³/mol. The SMILES string of the molecule is CC(C)(O)c1ccc2c(c1)ncn2-c1ccnc(-c2ccccc2C#N)c1. The van der Waals surface area contributed by atoms with Crippen LogP contribution in [0.4, 0.5) is 0 Å². The van der Waals surface area contributed by atoms with Crippen molar-refractivity contribution in [3.63, 3.8) is 0 Å². The molecule has 5 heteroatoms. The number of aromatic nitrogens is 3. The molecule has 2 aromatic carbocycles. The van der Waals surface area contributed by atoms with E-state index in [0.717, 1.165) is 33.5 Å². The van der Waals surface area contributed by atoms with Crippen molar-refractivity contribution in [2.24, 2.45) is 0 Å². The highest BCUT2D eigenvalue weighted by Crippen LogP contribution is 2.27. The van der Waals surface area contributed by atoms with Crippen molar-refractivity contribution < 1.29 is 5.11 Å². The third-order valence-corrected chi connectivity index (χ3v) is 4.60. The lowest BCUT2D eigenvalue weighted by molar-refractivity contribution is 0.0787. The number of aliphatic hydroxyl groups is 1. The molecular weight excluding hydrogens is 336 g/mol. The van der Waals surface area contributed by atoms with Crippen molar-refractivity contribution >= 4 is 11.0 Å². The summed E-state index contributed by atoms with van der Waals surface area (Å²) in [5, 5.41) is 19.6. The Morgan fingerprint density at radius 1 is 1.04 bits per heavy atom. The molecule has 2 heterocycles. The minimum Gasteiger partial charge on any atom is -0.386 e. The summed E-state index contributed by atoms with van der Waals surface area (Å²) >= 11 is 0. The first-order valence-corrected chi connectivity index (χ1v) is 8.63. The number of nitriles is 1. The van der Waals surface area contributed by atoms with Gasteiger partial charge in [-0.1, -0.05) is 24.3 Å². The molecule has 27 heavy (non-hydrogen) atoms. The summed E-state index contributed by atoms with van der Waals surface area (Å²) in [6.07, 6.45) is 3.49. The maximum Gasteiger partial charge on any atom is 0.100 e. The molecule has 4 aromatic rings. The number of hydrogen-bond acceptors (Lipinski definition) is 4. The van der Waals surface area contributed by atoms with Gasteiger partial charge in [0.1, 0.15) is 6.33 Å². The molecule has 0 aliphatic heterocycles. The van der Waals surface area contributed by atoms with Crippen LogP contribution < -0.4 is 0 Å². The largest absolute Gasteiger partial charge is 0.386 e. The molecule has 2 aromatic heterocycles. The lowest BCUT2D eigenvalue weighted by Crippen LogP contribution is -2.15. The number of imidazole rings is 1. The van der Waals surface area contributed by atoms with Gasteiger partial charge in [0.25, 0.3) is 0 Å². The lowest BCUT2D eigenvalue weighted by atomic mass is 9.98. The first-order valence-electron chi connectivity index (χ1n) is 8.63. The van der Waals surface area contributed by atoms with Crippen LogP contribution in [0.15, 0.2) is 67.1 Å². The van der Waals surface area contributed by atoms with Crippen molar-refractivity contribution in [3.8, 4) is 23.0 Å². The normalized spacial score (nSPS) is 11.5. The van der Waals surface area contributed by atoms with E-state index in [-0.39, 0.29) is 0 Å². The Hall–Kier alpha value is -3.49. The van der Waals surface area contributed by atoms with Gasteiger partial charge in [0.15, 0.2) is 0 Å². The average Bonchev–Trinajstić information content (AvgIpc) is 3.10. The van der Waals surface area contributed by atoms with Crippen LogP contribution >= 0.6 is 0 Å². The highest BCUT2D eigenvalue weighted by atomic mass is 16.3. The zero-order valence-electron chi connectivity index (χ0n) is 15.1. The van der Waals surface area contributed by atoms with Crippen LogP contribution in [-0.4, -0.2) is 19.6 Å². The van der Waals surface area contributed by atoms with Gasteiger partial charge in [-0.3, -0.25) is 9.55 Å². The Morgan fingerprint density at radius 3 is 2.63 bits per heavy atom. The quantitative estimate of drug-likeness (QED) is 0.599. The molecule has 0 bridgehead atoms. The summed E-state index contributed by atoms with van der Waals surface area (Å²) in [7, 11) is 0. The third-order valence-electron chi connectivity index (χ3n) is 4.60. The van der Waals surface area contributed by atoms with Crippen LogP contribution in [0.2, 0.25) is 0 Å². The molecule has 0 aliphatic carbocycles. The van der Waals surface area contributed by atoms with E-state index in [4.69, 9.17) is 0 Å². The molecule has 0 spiro atoms. The highest BCUT2D eigenvalue weighted by molar-refractivity contribution is 5.79. The molecule has 0 aliphatic rings. The Labute approximate surface area is 157 Å². The standard InChI is InChI=1S/C22H18N4O/c1-22(2,27)16-7-8-21-20(11-16)25-14-26(21)17-9-10-24-19(12-17)18-6-4-3-5-15(18)13-23/h3-12,14,27H,1-2H3. The lowest BCUT2D eigenvalue weighted by Gasteiger charge is -2.17.